The van der Waals surface area contributed by atoms with E-state index in [1.807, 2.05) is 18.2 Å². The van der Waals surface area contributed by atoms with E-state index >= 15 is 0 Å². The molecule has 2 N–H and O–H groups in total. The van der Waals surface area contributed by atoms with Crippen LogP contribution in [0.4, 0.5) is 4.39 Å². The Labute approximate surface area is 162 Å². The average molecular weight is 379 g/mol. The van der Waals surface area contributed by atoms with Gasteiger partial charge < -0.3 is 10.6 Å². The van der Waals surface area contributed by atoms with E-state index in [1.54, 1.807) is 34.1 Å². The number of benzene rings is 1. The van der Waals surface area contributed by atoms with E-state index in [1.165, 1.54) is 12.1 Å². The van der Waals surface area contributed by atoms with E-state index in [9.17, 15) is 9.18 Å². The molecule has 144 valence electrons. The van der Waals surface area contributed by atoms with E-state index in [2.05, 4.69) is 10.1 Å². The van der Waals surface area contributed by atoms with Crippen molar-refractivity contribution in [2.45, 2.75) is 25.4 Å². The number of hydrogen-bond acceptors (Lipinski definition) is 4. The van der Waals surface area contributed by atoms with Crippen LogP contribution in [0.3, 0.4) is 0 Å². The van der Waals surface area contributed by atoms with Crippen molar-refractivity contribution in [2.24, 2.45) is 5.73 Å². The molecule has 0 radical (unpaired) electrons. The maximum Gasteiger partial charge on any atom is 0.244 e. The molecule has 0 aliphatic carbocycles. The lowest BCUT2D eigenvalue weighted by Gasteiger charge is -2.16. The van der Waals surface area contributed by atoms with Crippen LogP contribution in [-0.4, -0.2) is 44.7 Å². The lowest BCUT2D eigenvalue weighted by molar-refractivity contribution is -0.131. The van der Waals surface area contributed by atoms with Gasteiger partial charge in [0.15, 0.2) is 0 Å². The lowest BCUT2D eigenvalue weighted by atomic mass is 10.1. The Hall–Kier alpha value is -3.06. The van der Waals surface area contributed by atoms with Gasteiger partial charge in [0.05, 0.1) is 5.69 Å². The number of amides is 1. The number of rotatable bonds is 5. The van der Waals surface area contributed by atoms with Gasteiger partial charge in [0.25, 0.3) is 0 Å². The quantitative estimate of drug-likeness (QED) is 0.738. The van der Waals surface area contributed by atoms with Crippen LogP contribution in [0, 0.1) is 5.82 Å². The summed E-state index contributed by atoms with van der Waals surface area (Å²) in [6.45, 7) is 1.44. The molecule has 1 aliphatic rings. The predicted octanol–water partition coefficient (Wildman–Crippen LogP) is 2.23. The minimum Gasteiger partial charge on any atom is -0.339 e. The molecule has 0 spiro atoms. The number of carbonyl (C=O) groups is 1. The smallest absolute Gasteiger partial charge is 0.244 e. The molecule has 3 heterocycles. The summed E-state index contributed by atoms with van der Waals surface area (Å²) in [4.78, 5) is 18.5. The third-order valence-corrected chi connectivity index (χ3v) is 5.00. The summed E-state index contributed by atoms with van der Waals surface area (Å²) < 4.78 is 15.0. The summed E-state index contributed by atoms with van der Waals surface area (Å²) in [6.07, 6.45) is 4.82. The summed E-state index contributed by atoms with van der Waals surface area (Å²) in [5, 5.41) is 4.66. The standard InChI is InChI=1S/C21H22FN5O/c22-17-3-1-15(2-4-17)11-19-12-20(16-5-8-24-9-6-16)25-27(19)14-21(28)26-10-7-18(23)13-26/h1-6,8-9,12,18H,7,10-11,13-14,23H2/t18-/m1/s1. The van der Waals surface area contributed by atoms with Gasteiger partial charge in [0, 0.05) is 49.2 Å². The van der Waals surface area contributed by atoms with Gasteiger partial charge in [0.1, 0.15) is 12.4 Å². The zero-order valence-corrected chi connectivity index (χ0v) is 15.5. The largest absolute Gasteiger partial charge is 0.339 e. The summed E-state index contributed by atoms with van der Waals surface area (Å²) in [6, 6.07) is 12.2. The third kappa shape index (κ3) is 4.09. The van der Waals surface area contributed by atoms with Gasteiger partial charge in [-0.25, -0.2) is 4.39 Å². The molecule has 1 fully saturated rings. The second-order valence-electron chi connectivity index (χ2n) is 7.11. The molecule has 6 nitrogen and oxygen atoms in total. The van der Waals surface area contributed by atoms with Crippen LogP contribution >= 0.6 is 0 Å². The highest BCUT2D eigenvalue weighted by Crippen LogP contribution is 2.21. The summed E-state index contributed by atoms with van der Waals surface area (Å²) in [5.74, 6) is -0.257. The molecule has 0 unspecified atom stereocenters. The van der Waals surface area contributed by atoms with Crippen molar-refractivity contribution in [3.8, 4) is 11.3 Å². The van der Waals surface area contributed by atoms with Gasteiger partial charge in [-0.3, -0.25) is 14.5 Å². The molecule has 1 atom stereocenters. The number of nitrogens with two attached hydrogens (primary N) is 1. The number of carbonyl (C=O) groups excluding carboxylic acids is 1. The van der Waals surface area contributed by atoms with Crippen molar-refractivity contribution in [1.29, 1.82) is 0 Å². The van der Waals surface area contributed by atoms with E-state index in [0.29, 0.717) is 19.5 Å². The number of aromatic nitrogens is 3. The van der Waals surface area contributed by atoms with Crippen molar-refractivity contribution in [3.63, 3.8) is 0 Å². The van der Waals surface area contributed by atoms with Crippen LogP contribution in [0.1, 0.15) is 17.7 Å². The van der Waals surface area contributed by atoms with Crippen LogP contribution in [-0.2, 0) is 17.8 Å². The first-order chi connectivity index (χ1) is 13.6. The van der Waals surface area contributed by atoms with Gasteiger partial charge in [-0.1, -0.05) is 12.1 Å². The van der Waals surface area contributed by atoms with Crippen molar-refractivity contribution in [1.82, 2.24) is 19.7 Å². The Kier molecular flexibility index (Phi) is 5.16. The molecule has 0 saturated carbocycles. The lowest BCUT2D eigenvalue weighted by Crippen LogP contribution is -2.34. The molecule has 3 aromatic rings. The molecule has 1 amide bonds. The van der Waals surface area contributed by atoms with Crippen LogP contribution in [0.25, 0.3) is 11.3 Å². The van der Waals surface area contributed by atoms with Crippen LogP contribution in [0.5, 0.6) is 0 Å². The number of nitrogens with zero attached hydrogens (tertiary/aromatic N) is 4. The van der Waals surface area contributed by atoms with Crippen molar-refractivity contribution >= 4 is 5.91 Å². The normalized spacial score (nSPS) is 16.5. The summed E-state index contributed by atoms with van der Waals surface area (Å²) >= 11 is 0. The van der Waals surface area contributed by atoms with Gasteiger partial charge in [-0.15, -0.1) is 0 Å². The maximum absolute atomic E-state index is 13.2. The van der Waals surface area contributed by atoms with Gasteiger partial charge in [-0.05, 0) is 42.3 Å². The molecule has 0 bridgehead atoms. The van der Waals surface area contributed by atoms with E-state index < -0.39 is 0 Å². The molecule has 1 saturated heterocycles. The van der Waals surface area contributed by atoms with Crippen molar-refractivity contribution in [2.75, 3.05) is 13.1 Å². The second kappa shape index (κ2) is 7.90. The first-order valence-corrected chi connectivity index (χ1v) is 9.33. The number of pyridine rings is 1. The highest BCUT2D eigenvalue weighted by Gasteiger charge is 2.24. The Morgan fingerprint density at radius 3 is 2.61 bits per heavy atom. The molecule has 1 aliphatic heterocycles. The second-order valence-corrected chi connectivity index (χ2v) is 7.11. The van der Waals surface area contributed by atoms with Gasteiger partial charge in [0.2, 0.25) is 5.91 Å². The van der Waals surface area contributed by atoms with E-state index in [-0.39, 0.29) is 24.3 Å². The monoisotopic (exact) mass is 379 g/mol. The maximum atomic E-state index is 13.2. The first-order valence-electron chi connectivity index (χ1n) is 9.33. The Bertz CT molecular complexity index is 955. The highest BCUT2D eigenvalue weighted by molar-refractivity contribution is 5.76. The zero-order valence-electron chi connectivity index (χ0n) is 15.5. The average Bonchev–Trinajstić information content (AvgIpc) is 3.31. The molecular weight excluding hydrogens is 357 g/mol. The SMILES string of the molecule is N[C@@H]1CCN(C(=O)Cn2nc(-c3ccncc3)cc2Cc2ccc(F)cc2)C1. The van der Waals surface area contributed by atoms with Gasteiger partial charge >= 0.3 is 0 Å². The molecule has 28 heavy (non-hydrogen) atoms. The fourth-order valence-electron chi connectivity index (χ4n) is 3.45. The summed E-state index contributed by atoms with van der Waals surface area (Å²) in [5.41, 5.74) is 9.50. The zero-order chi connectivity index (χ0) is 19.5. The van der Waals surface area contributed by atoms with Crippen molar-refractivity contribution < 1.29 is 9.18 Å². The minimum atomic E-state index is -0.268. The van der Waals surface area contributed by atoms with Crippen LogP contribution < -0.4 is 5.73 Å². The number of hydrogen-bond donors (Lipinski definition) is 1. The highest BCUT2D eigenvalue weighted by atomic mass is 19.1. The molecule has 7 heteroatoms. The molecule has 4 rings (SSSR count). The van der Waals surface area contributed by atoms with E-state index in [0.717, 1.165) is 28.9 Å². The molecule has 2 aromatic heterocycles. The number of likely N-dealkylation sites (tertiary alicyclic amines) is 1. The first kappa shape index (κ1) is 18.3. The minimum absolute atomic E-state index is 0.0117. The van der Waals surface area contributed by atoms with Crippen molar-refractivity contribution in [3.05, 3.63) is 71.9 Å². The Morgan fingerprint density at radius 2 is 1.93 bits per heavy atom. The third-order valence-electron chi connectivity index (χ3n) is 5.00. The van der Waals surface area contributed by atoms with E-state index in [4.69, 9.17) is 5.73 Å². The summed E-state index contributed by atoms with van der Waals surface area (Å²) in [7, 11) is 0. The Balaban J connectivity index is 1.61. The topological polar surface area (TPSA) is 77.0 Å². The number of halogens is 1. The molecular formula is C21H22FN5O. The van der Waals surface area contributed by atoms with Crippen LogP contribution in [0.2, 0.25) is 0 Å². The van der Waals surface area contributed by atoms with Crippen LogP contribution in [0.15, 0.2) is 54.9 Å². The Morgan fingerprint density at radius 1 is 1.18 bits per heavy atom. The van der Waals surface area contributed by atoms with Gasteiger partial charge in [-0.2, -0.15) is 5.10 Å². The fraction of sp³-hybridized carbons (Fsp3) is 0.286. The predicted molar refractivity (Wildman–Crippen MR) is 104 cm³/mol. The molecule has 1 aromatic carbocycles. The fourth-order valence-corrected chi connectivity index (χ4v) is 3.45.